The van der Waals surface area contributed by atoms with Crippen LogP contribution >= 0.6 is 0 Å². The molecule has 1 aliphatic rings. The summed E-state index contributed by atoms with van der Waals surface area (Å²) in [7, 11) is 1.72. The van der Waals surface area contributed by atoms with Gasteiger partial charge in [-0.05, 0) is 18.8 Å². The molecule has 1 fully saturated rings. The normalized spacial score (nSPS) is 16.4. The Bertz CT molecular complexity index is 60.4. The molecule has 1 aliphatic heterocycles. The summed E-state index contributed by atoms with van der Waals surface area (Å²) in [5.74, 6) is 0.676. The maximum atomic E-state index is 4.94. The number of methoxy groups -OCH3 is 1. The summed E-state index contributed by atoms with van der Waals surface area (Å²) < 4.78 is 9.75. The molecule has 0 radical (unpaired) electrons. The largest absolute Gasteiger partial charge is 0.384 e. The van der Waals surface area contributed by atoms with E-state index in [-0.39, 0.29) is 0 Å². The van der Waals surface area contributed by atoms with Gasteiger partial charge in [-0.1, -0.05) is 13.8 Å². The lowest BCUT2D eigenvalue weighted by atomic mass is 10.2. The quantitative estimate of drug-likeness (QED) is 0.615. The van der Waals surface area contributed by atoms with Gasteiger partial charge in [-0.2, -0.15) is 0 Å². The van der Waals surface area contributed by atoms with Gasteiger partial charge in [-0.25, -0.2) is 0 Å². The summed E-state index contributed by atoms with van der Waals surface area (Å²) in [6.45, 7) is 7.13. The predicted octanol–water partition coefficient (Wildman–Crippen LogP) is 2.09. The molecule has 0 N–H and O–H groups in total. The van der Waals surface area contributed by atoms with Crippen LogP contribution in [0.3, 0.4) is 0 Å². The minimum absolute atomic E-state index is 0.676. The topological polar surface area (TPSA) is 18.5 Å². The average molecular weight is 160 g/mol. The molecule has 1 rings (SSSR count). The van der Waals surface area contributed by atoms with E-state index in [0.29, 0.717) is 5.92 Å². The first-order valence-corrected chi connectivity index (χ1v) is 4.34. The van der Waals surface area contributed by atoms with Crippen molar-refractivity contribution in [3.63, 3.8) is 0 Å². The molecule has 2 nitrogen and oxygen atoms in total. The fourth-order valence-electron chi connectivity index (χ4n) is 0.844. The van der Waals surface area contributed by atoms with Crippen LogP contribution in [0.15, 0.2) is 0 Å². The second-order valence-electron chi connectivity index (χ2n) is 3.17. The van der Waals surface area contributed by atoms with Crippen LogP contribution in [0.25, 0.3) is 0 Å². The number of ether oxygens (including phenoxy) is 2. The molecule has 0 unspecified atom stereocenters. The van der Waals surface area contributed by atoms with E-state index in [1.165, 1.54) is 12.8 Å². The Balaban J connectivity index is 0.000000183. The van der Waals surface area contributed by atoms with Crippen LogP contribution in [0.2, 0.25) is 0 Å². The third-order valence-corrected chi connectivity index (χ3v) is 1.33. The zero-order valence-electron chi connectivity index (χ0n) is 7.93. The highest BCUT2D eigenvalue weighted by molar-refractivity contribution is 4.43. The van der Waals surface area contributed by atoms with Gasteiger partial charge < -0.3 is 9.47 Å². The molecule has 0 amide bonds. The molecule has 1 saturated heterocycles. The Morgan fingerprint density at radius 1 is 1.27 bits per heavy atom. The molecular formula is C9H20O2. The van der Waals surface area contributed by atoms with Crippen LogP contribution in [0.1, 0.15) is 26.7 Å². The lowest BCUT2D eigenvalue weighted by Crippen LogP contribution is -1.96. The van der Waals surface area contributed by atoms with Crippen LogP contribution in [-0.2, 0) is 9.47 Å². The molecule has 0 aromatic carbocycles. The van der Waals surface area contributed by atoms with E-state index < -0.39 is 0 Å². The fourth-order valence-corrected chi connectivity index (χ4v) is 0.844. The lowest BCUT2D eigenvalue weighted by Gasteiger charge is -1.97. The van der Waals surface area contributed by atoms with Crippen molar-refractivity contribution in [2.45, 2.75) is 26.7 Å². The van der Waals surface area contributed by atoms with E-state index in [1.54, 1.807) is 7.11 Å². The third-order valence-electron chi connectivity index (χ3n) is 1.33. The van der Waals surface area contributed by atoms with E-state index >= 15 is 0 Å². The standard InChI is InChI=1S/C5H12O.C4H8O/c1-5(2)4-6-3;1-2-4-5-3-1/h5H,4H2,1-3H3;1-4H2. The number of hydrogen-bond donors (Lipinski definition) is 0. The minimum atomic E-state index is 0.676. The van der Waals surface area contributed by atoms with Gasteiger partial charge in [-0.15, -0.1) is 0 Å². The van der Waals surface area contributed by atoms with Crippen molar-refractivity contribution in [2.24, 2.45) is 5.92 Å². The Kier molecular flexibility index (Phi) is 7.96. The van der Waals surface area contributed by atoms with E-state index in [9.17, 15) is 0 Å². The summed E-state index contributed by atoms with van der Waals surface area (Å²) in [4.78, 5) is 0. The molecule has 1 heterocycles. The molecule has 2 heteroatoms. The molecule has 0 spiro atoms. The maximum absolute atomic E-state index is 4.94. The monoisotopic (exact) mass is 160 g/mol. The molecule has 0 aliphatic carbocycles. The minimum Gasteiger partial charge on any atom is -0.384 e. The van der Waals surface area contributed by atoms with Crippen molar-refractivity contribution in [1.29, 1.82) is 0 Å². The van der Waals surface area contributed by atoms with Crippen molar-refractivity contribution in [2.75, 3.05) is 26.9 Å². The van der Waals surface area contributed by atoms with Gasteiger partial charge in [-0.3, -0.25) is 0 Å². The van der Waals surface area contributed by atoms with Crippen LogP contribution in [0.4, 0.5) is 0 Å². The molecule has 0 atom stereocenters. The highest BCUT2D eigenvalue weighted by Crippen LogP contribution is 1.98. The van der Waals surface area contributed by atoms with E-state index in [4.69, 9.17) is 9.47 Å². The molecular weight excluding hydrogens is 140 g/mol. The van der Waals surface area contributed by atoms with Crippen LogP contribution < -0.4 is 0 Å². The Hall–Kier alpha value is -0.0800. The van der Waals surface area contributed by atoms with E-state index in [0.717, 1.165) is 19.8 Å². The van der Waals surface area contributed by atoms with Crippen LogP contribution in [0, 0.1) is 5.92 Å². The van der Waals surface area contributed by atoms with Gasteiger partial charge >= 0.3 is 0 Å². The zero-order valence-corrected chi connectivity index (χ0v) is 7.93. The Morgan fingerprint density at radius 2 is 1.82 bits per heavy atom. The fraction of sp³-hybridized carbons (Fsp3) is 1.00. The SMILES string of the molecule is C1CCOC1.COCC(C)C. The maximum Gasteiger partial charge on any atom is 0.0485 e. The molecule has 0 saturated carbocycles. The van der Waals surface area contributed by atoms with Gasteiger partial charge in [0.2, 0.25) is 0 Å². The van der Waals surface area contributed by atoms with Gasteiger partial charge in [0.05, 0.1) is 0 Å². The first-order chi connectivity index (χ1) is 5.27. The molecule has 0 aromatic heterocycles. The summed E-state index contributed by atoms with van der Waals surface area (Å²) in [6, 6.07) is 0. The van der Waals surface area contributed by atoms with Gasteiger partial charge in [0.15, 0.2) is 0 Å². The van der Waals surface area contributed by atoms with Crippen LogP contribution in [-0.4, -0.2) is 26.9 Å². The smallest absolute Gasteiger partial charge is 0.0485 e. The van der Waals surface area contributed by atoms with Crippen molar-refractivity contribution in [3.05, 3.63) is 0 Å². The van der Waals surface area contributed by atoms with Crippen molar-refractivity contribution in [1.82, 2.24) is 0 Å². The Morgan fingerprint density at radius 3 is 1.91 bits per heavy atom. The Labute approximate surface area is 69.9 Å². The first kappa shape index (κ1) is 10.9. The van der Waals surface area contributed by atoms with E-state index in [1.807, 2.05) is 0 Å². The molecule has 68 valence electrons. The number of rotatable bonds is 2. The van der Waals surface area contributed by atoms with Gasteiger partial charge in [0.25, 0.3) is 0 Å². The second kappa shape index (κ2) is 8.02. The summed E-state index contributed by atoms with van der Waals surface area (Å²) in [5.41, 5.74) is 0. The predicted molar refractivity (Wildman–Crippen MR) is 46.8 cm³/mol. The lowest BCUT2D eigenvalue weighted by molar-refractivity contribution is 0.167. The summed E-state index contributed by atoms with van der Waals surface area (Å²) >= 11 is 0. The number of hydrogen-bond acceptors (Lipinski definition) is 2. The first-order valence-electron chi connectivity index (χ1n) is 4.34. The van der Waals surface area contributed by atoms with Crippen molar-refractivity contribution in [3.8, 4) is 0 Å². The molecule has 11 heavy (non-hydrogen) atoms. The molecule has 0 aromatic rings. The van der Waals surface area contributed by atoms with E-state index in [2.05, 4.69) is 13.8 Å². The summed E-state index contributed by atoms with van der Waals surface area (Å²) in [6.07, 6.45) is 2.56. The second-order valence-corrected chi connectivity index (χ2v) is 3.17. The highest BCUT2D eigenvalue weighted by Gasteiger charge is 1.94. The van der Waals surface area contributed by atoms with Gasteiger partial charge in [0.1, 0.15) is 0 Å². The molecule has 0 bridgehead atoms. The zero-order chi connectivity index (χ0) is 8.53. The van der Waals surface area contributed by atoms with Crippen molar-refractivity contribution >= 4 is 0 Å². The summed E-state index contributed by atoms with van der Waals surface area (Å²) in [5, 5.41) is 0. The van der Waals surface area contributed by atoms with Crippen LogP contribution in [0.5, 0.6) is 0 Å². The van der Waals surface area contributed by atoms with Crippen molar-refractivity contribution < 1.29 is 9.47 Å². The third kappa shape index (κ3) is 9.92. The highest BCUT2D eigenvalue weighted by atomic mass is 16.5. The average Bonchev–Trinajstić information content (AvgIpc) is 2.41. The van der Waals surface area contributed by atoms with Gasteiger partial charge in [0, 0.05) is 26.9 Å².